The summed E-state index contributed by atoms with van der Waals surface area (Å²) in [5.74, 6) is 3.03. The Morgan fingerprint density at radius 3 is 2.28 bits per heavy atom. The van der Waals surface area contributed by atoms with E-state index >= 15 is 0 Å². The van der Waals surface area contributed by atoms with Crippen molar-refractivity contribution >= 4 is 34.9 Å². The molecule has 1 fully saturated rings. The molecule has 1 saturated carbocycles. The summed E-state index contributed by atoms with van der Waals surface area (Å²) in [6.07, 6.45) is 9.11. The van der Waals surface area contributed by atoms with Crippen molar-refractivity contribution in [3.05, 3.63) is 52.2 Å². The summed E-state index contributed by atoms with van der Waals surface area (Å²) in [7, 11) is 1.90. The van der Waals surface area contributed by atoms with Gasteiger partial charge in [-0.05, 0) is 38.5 Å². The van der Waals surface area contributed by atoms with Crippen LogP contribution in [0.3, 0.4) is 0 Å². The smallest absolute Gasteiger partial charge is 0.159 e. The molecule has 198 valence electrons. The van der Waals surface area contributed by atoms with Crippen molar-refractivity contribution in [1.82, 2.24) is 19.5 Å². The molecule has 3 heterocycles. The van der Waals surface area contributed by atoms with Gasteiger partial charge in [0.2, 0.25) is 0 Å². The normalized spacial score (nSPS) is 19.1. The molecule has 0 spiro atoms. The SMILES string of the molecule is C=C(C)Oc1cnc2c(c1)ncn2C.C=c1[nH]c(CC)c(Cl)/c1=C(\C)CCC.CCC1C(N)C1CC. The van der Waals surface area contributed by atoms with Crippen LogP contribution in [0.4, 0.5) is 0 Å². The average Bonchev–Trinajstić information content (AvgIpc) is 3.17. The van der Waals surface area contributed by atoms with E-state index < -0.39 is 0 Å². The fourth-order valence-electron chi connectivity index (χ4n) is 4.65. The number of rotatable bonds is 7. The molecule has 3 N–H and O–H groups in total. The maximum absolute atomic E-state index is 6.27. The van der Waals surface area contributed by atoms with Gasteiger partial charge in [-0.25, -0.2) is 9.97 Å². The predicted octanol–water partition coefficient (Wildman–Crippen LogP) is 5.87. The zero-order chi connectivity index (χ0) is 27.0. The standard InChI is InChI=1S/C12H18ClN.C10H11N3O.C7H15N/c1-5-7-8(3)11-9(4)14-10(6-2)12(11)13;1-7(2)14-8-4-9-10(11-5-8)13(3)6-12-9;1-3-5-6(4-2)7(5)8/h14H,4-7H2,1-3H3;4-6H,1H2,2-3H3;5-7H,3-4,8H2,1-2H3/b11-8+;;. The number of hydrogen-bond donors (Lipinski definition) is 2. The summed E-state index contributed by atoms with van der Waals surface area (Å²) in [6.45, 7) is 20.3. The van der Waals surface area contributed by atoms with Gasteiger partial charge in [0, 0.05) is 35.4 Å². The lowest BCUT2D eigenvalue weighted by molar-refractivity contribution is 0.429. The number of fused-ring (bicyclic) bond motifs is 1. The minimum atomic E-state index is 0.546. The van der Waals surface area contributed by atoms with Gasteiger partial charge in [-0.1, -0.05) is 77.3 Å². The Balaban J connectivity index is 0.000000198. The number of pyridine rings is 1. The molecule has 2 unspecified atom stereocenters. The van der Waals surface area contributed by atoms with E-state index in [0.29, 0.717) is 17.6 Å². The molecular formula is C29H44ClN5O. The van der Waals surface area contributed by atoms with Crippen molar-refractivity contribution in [2.24, 2.45) is 24.6 Å². The molecule has 3 aromatic heterocycles. The number of allylic oxidation sites excluding steroid dienone is 1. The lowest BCUT2D eigenvalue weighted by atomic mass is 10.1. The molecule has 0 amide bonds. The fraction of sp³-hybridized carbons (Fsp3) is 0.517. The Labute approximate surface area is 221 Å². The highest BCUT2D eigenvalue weighted by Gasteiger charge is 2.43. The van der Waals surface area contributed by atoms with Crippen LogP contribution in [-0.4, -0.2) is 25.6 Å². The summed E-state index contributed by atoms with van der Waals surface area (Å²) >= 11 is 6.27. The number of aromatic amines is 1. The number of nitrogens with two attached hydrogens (primary N) is 1. The molecule has 2 atom stereocenters. The van der Waals surface area contributed by atoms with E-state index in [4.69, 9.17) is 22.1 Å². The number of aromatic nitrogens is 4. The van der Waals surface area contributed by atoms with Gasteiger partial charge in [0.15, 0.2) is 5.65 Å². The second-order valence-corrected chi connectivity index (χ2v) is 9.93. The molecule has 1 aliphatic carbocycles. The Morgan fingerprint density at radius 2 is 1.81 bits per heavy atom. The zero-order valence-electron chi connectivity index (χ0n) is 23.1. The van der Waals surface area contributed by atoms with Crippen LogP contribution in [0.5, 0.6) is 5.75 Å². The first-order valence-corrected chi connectivity index (χ1v) is 13.4. The summed E-state index contributed by atoms with van der Waals surface area (Å²) < 4.78 is 7.19. The first-order valence-electron chi connectivity index (χ1n) is 13.0. The first-order chi connectivity index (χ1) is 17.1. The largest absolute Gasteiger partial charge is 0.461 e. The zero-order valence-corrected chi connectivity index (χ0v) is 23.9. The molecule has 36 heavy (non-hydrogen) atoms. The van der Waals surface area contributed by atoms with Crippen molar-refractivity contribution in [2.75, 3.05) is 0 Å². The lowest BCUT2D eigenvalue weighted by Gasteiger charge is -2.02. The summed E-state index contributed by atoms with van der Waals surface area (Å²) in [5.41, 5.74) is 9.83. The molecular weight excluding hydrogens is 470 g/mol. The quantitative estimate of drug-likeness (QED) is 0.387. The highest BCUT2D eigenvalue weighted by atomic mass is 35.5. The van der Waals surface area contributed by atoms with Crippen molar-refractivity contribution in [3.8, 4) is 5.75 Å². The fourth-order valence-corrected chi connectivity index (χ4v) is 5.11. The number of nitrogens with zero attached hydrogens (tertiary/aromatic N) is 3. The molecule has 1 aliphatic rings. The van der Waals surface area contributed by atoms with E-state index in [1.54, 1.807) is 19.4 Å². The summed E-state index contributed by atoms with van der Waals surface area (Å²) in [4.78, 5) is 11.6. The third-order valence-electron chi connectivity index (χ3n) is 6.65. The van der Waals surface area contributed by atoms with Gasteiger partial charge in [0.1, 0.15) is 11.3 Å². The van der Waals surface area contributed by atoms with Crippen molar-refractivity contribution in [1.29, 1.82) is 0 Å². The lowest BCUT2D eigenvalue weighted by Crippen LogP contribution is -2.23. The van der Waals surface area contributed by atoms with E-state index in [2.05, 4.69) is 62.7 Å². The molecule has 7 heteroatoms. The predicted molar refractivity (Wildman–Crippen MR) is 153 cm³/mol. The third-order valence-corrected chi connectivity index (χ3v) is 7.07. The maximum Gasteiger partial charge on any atom is 0.159 e. The second kappa shape index (κ2) is 13.7. The van der Waals surface area contributed by atoms with Crippen LogP contribution in [0, 0.1) is 11.8 Å². The van der Waals surface area contributed by atoms with Gasteiger partial charge in [-0.15, -0.1) is 0 Å². The van der Waals surface area contributed by atoms with Crippen LogP contribution in [0.15, 0.2) is 30.9 Å². The number of aryl methyl sites for hydroxylation is 2. The number of hydrogen-bond acceptors (Lipinski definition) is 4. The minimum Gasteiger partial charge on any atom is -0.461 e. The maximum atomic E-state index is 6.27. The minimum absolute atomic E-state index is 0.546. The van der Waals surface area contributed by atoms with Gasteiger partial charge < -0.3 is 20.0 Å². The number of nitrogens with one attached hydrogen (secondary N) is 1. The van der Waals surface area contributed by atoms with E-state index in [-0.39, 0.29) is 0 Å². The Hall–Kier alpha value is -2.57. The van der Waals surface area contributed by atoms with Crippen LogP contribution in [0.2, 0.25) is 5.02 Å². The highest BCUT2D eigenvalue weighted by Crippen LogP contribution is 2.41. The molecule has 0 saturated heterocycles. The molecule has 0 aromatic carbocycles. The number of halogens is 1. The first kappa shape index (κ1) is 29.7. The van der Waals surface area contributed by atoms with Crippen LogP contribution in [-0.2, 0) is 13.5 Å². The summed E-state index contributed by atoms with van der Waals surface area (Å²) in [6, 6.07) is 2.39. The van der Waals surface area contributed by atoms with Gasteiger partial charge in [-0.3, -0.25) is 0 Å². The van der Waals surface area contributed by atoms with Crippen molar-refractivity contribution in [3.63, 3.8) is 0 Å². The van der Waals surface area contributed by atoms with E-state index in [1.807, 2.05) is 17.7 Å². The number of ether oxygens (including phenoxy) is 1. The summed E-state index contributed by atoms with van der Waals surface area (Å²) in [5, 5.41) is 2.95. The van der Waals surface area contributed by atoms with Crippen molar-refractivity contribution < 1.29 is 4.74 Å². The Kier molecular flexibility index (Phi) is 11.3. The monoisotopic (exact) mass is 513 g/mol. The second-order valence-electron chi connectivity index (χ2n) is 9.55. The highest BCUT2D eigenvalue weighted by molar-refractivity contribution is 6.31. The van der Waals surface area contributed by atoms with Crippen LogP contribution < -0.4 is 21.0 Å². The van der Waals surface area contributed by atoms with Gasteiger partial charge in [0.25, 0.3) is 0 Å². The van der Waals surface area contributed by atoms with Gasteiger partial charge in [-0.2, -0.15) is 0 Å². The topological polar surface area (TPSA) is 81.8 Å². The van der Waals surface area contributed by atoms with Gasteiger partial charge >= 0.3 is 0 Å². The number of imidazole rings is 1. The van der Waals surface area contributed by atoms with Gasteiger partial charge in [0.05, 0.1) is 23.3 Å². The molecule has 0 radical (unpaired) electrons. The van der Waals surface area contributed by atoms with Crippen LogP contribution >= 0.6 is 11.6 Å². The average molecular weight is 514 g/mol. The van der Waals surface area contributed by atoms with Crippen LogP contribution in [0.25, 0.3) is 23.3 Å². The molecule has 0 bridgehead atoms. The molecule has 4 rings (SSSR count). The molecule has 6 nitrogen and oxygen atoms in total. The third kappa shape index (κ3) is 7.47. The van der Waals surface area contributed by atoms with E-state index in [1.165, 1.54) is 18.4 Å². The van der Waals surface area contributed by atoms with E-state index in [0.717, 1.165) is 63.5 Å². The molecule has 0 aliphatic heterocycles. The Bertz CT molecular complexity index is 1250. The number of H-pyrrole nitrogens is 1. The Morgan fingerprint density at radius 1 is 1.17 bits per heavy atom. The van der Waals surface area contributed by atoms with E-state index in [9.17, 15) is 0 Å². The molecule has 3 aromatic rings. The van der Waals surface area contributed by atoms with Crippen molar-refractivity contribution in [2.45, 2.75) is 79.7 Å². The van der Waals surface area contributed by atoms with Crippen LogP contribution in [0.1, 0.15) is 72.9 Å².